The Labute approximate surface area is 130 Å². The minimum Gasteiger partial charge on any atom is -0.362 e. The molecule has 2 nitrogen and oxygen atoms in total. The van der Waals surface area contributed by atoms with Crippen LogP contribution in [0.15, 0.2) is 54.7 Å². The van der Waals surface area contributed by atoms with Crippen molar-refractivity contribution in [2.45, 2.75) is 20.3 Å². The average molecular weight is 300 g/mol. The maximum atomic E-state index is 12.0. The Morgan fingerprint density at radius 3 is 2.52 bits per heavy atom. The lowest BCUT2D eigenvalue weighted by Gasteiger charge is -2.03. The monoisotopic (exact) mass is 299 g/mol. The van der Waals surface area contributed by atoms with Crippen LogP contribution in [0.1, 0.15) is 28.4 Å². The van der Waals surface area contributed by atoms with Crippen LogP contribution in [0.2, 0.25) is 5.02 Å². The van der Waals surface area contributed by atoms with Gasteiger partial charge in [-0.3, -0.25) is 4.79 Å². The van der Waals surface area contributed by atoms with Gasteiger partial charge in [-0.05, 0) is 36.6 Å². The third-order valence-electron chi connectivity index (χ3n) is 3.30. The molecule has 2 rings (SSSR count). The van der Waals surface area contributed by atoms with E-state index >= 15 is 0 Å². The maximum absolute atomic E-state index is 12.0. The Balaban J connectivity index is 1.99. The van der Waals surface area contributed by atoms with Crippen molar-refractivity contribution >= 4 is 23.1 Å². The van der Waals surface area contributed by atoms with Crippen LogP contribution >= 0.6 is 11.6 Å². The molecule has 2 aromatic carbocycles. The lowest BCUT2D eigenvalue weighted by molar-refractivity contribution is 0.104. The molecule has 0 aliphatic heterocycles. The number of nitrogens with one attached hydrogen (secondary N) is 1. The number of allylic oxidation sites excluding steroid dienone is 1. The van der Waals surface area contributed by atoms with Crippen LogP contribution < -0.4 is 5.32 Å². The second-order valence-corrected chi connectivity index (χ2v) is 5.26. The van der Waals surface area contributed by atoms with Gasteiger partial charge in [0.25, 0.3) is 0 Å². The highest BCUT2D eigenvalue weighted by Gasteiger charge is 2.01. The minimum absolute atomic E-state index is 0.0247. The van der Waals surface area contributed by atoms with Crippen molar-refractivity contribution in [1.82, 2.24) is 0 Å². The van der Waals surface area contributed by atoms with Crippen molar-refractivity contribution in [2.24, 2.45) is 0 Å². The Bertz CT molecular complexity index is 659. The summed E-state index contributed by atoms with van der Waals surface area (Å²) in [4.78, 5) is 12.0. The zero-order valence-electron chi connectivity index (χ0n) is 12.2. The van der Waals surface area contributed by atoms with Gasteiger partial charge in [-0.15, -0.1) is 0 Å². The van der Waals surface area contributed by atoms with Crippen molar-refractivity contribution in [1.29, 1.82) is 0 Å². The summed E-state index contributed by atoms with van der Waals surface area (Å²) in [5, 5.41) is 3.75. The summed E-state index contributed by atoms with van der Waals surface area (Å²) in [6.45, 7) is 4.04. The highest BCUT2D eigenvalue weighted by Crippen LogP contribution is 2.19. The Morgan fingerprint density at radius 2 is 1.90 bits per heavy atom. The summed E-state index contributed by atoms with van der Waals surface area (Å²) in [6, 6.07) is 13.4. The number of hydrogen-bond donors (Lipinski definition) is 1. The number of halogens is 1. The number of hydrogen-bond acceptors (Lipinski definition) is 2. The van der Waals surface area contributed by atoms with Gasteiger partial charge in [0.15, 0.2) is 5.78 Å². The molecule has 1 N–H and O–H groups in total. The van der Waals surface area contributed by atoms with Crippen LogP contribution in [0.25, 0.3) is 0 Å². The zero-order valence-corrected chi connectivity index (χ0v) is 12.9. The average Bonchev–Trinajstić information content (AvgIpc) is 2.51. The third-order valence-corrected chi connectivity index (χ3v) is 3.71. The lowest BCUT2D eigenvalue weighted by Crippen LogP contribution is -1.96. The molecule has 0 fully saturated rings. The molecule has 0 spiro atoms. The van der Waals surface area contributed by atoms with Crippen molar-refractivity contribution in [2.75, 3.05) is 5.32 Å². The molecule has 108 valence electrons. The third kappa shape index (κ3) is 4.20. The molecule has 0 saturated carbocycles. The first kappa shape index (κ1) is 15.3. The maximum Gasteiger partial charge on any atom is 0.187 e. The first-order valence-corrected chi connectivity index (χ1v) is 7.30. The van der Waals surface area contributed by atoms with Gasteiger partial charge in [0.05, 0.1) is 0 Å². The fourth-order valence-corrected chi connectivity index (χ4v) is 2.08. The SMILES string of the molecule is CCc1ccc(C(=O)C=CNc2ccc(C)c(Cl)c2)cc1. The minimum atomic E-state index is -0.0247. The van der Waals surface area contributed by atoms with Crippen molar-refractivity contribution in [3.05, 3.63) is 76.5 Å². The predicted octanol–water partition coefficient (Wildman–Crippen LogP) is 5.02. The van der Waals surface area contributed by atoms with Crippen LogP contribution in [0, 0.1) is 6.92 Å². The first-order chi connectivity index (χ1) is 10.1. The van der Waals surface area contributed by atoms with E-state index in [1.54, 1.807) is 6.20 Å². The molecule has 2 aromatic rings. The molecular weight excluding hydrogens is 282 g/mol. The Hall–Kier alpha value is -2.06. The van der Waals surface area contributed by atoms with Gasteiger partial charge in [0.2, 0.25) is 0 Å². The number of ketones is 1. The molecule has 21 heavy (non-hydrogen) atoms. The molecule has 0 aliphatic carbocycles. The van der Waals surface area contributed by atoms with Gasteiger partial charge in [-0.2, -0.15) is 0 Å². The van der Waals surface area contributed by atoms with Gasteiger partial charge >= 0.3 is 0 Å². The summed E-state index contributed by atoms with van der Waals surface area (Å²) >= 11 is 6.05. The van der Waals surface area contributed by atoms with Gasteiger partial charge < -0.3 is 5.32 Å². The Morgan fingerprint density at radius 1 is 1.19 bits per heavy atom. The summed E-state index contributed by atoms with van der Waals surface area (Å²) in [5.74, 6) is -0.0247. The Kier molecular flexibility index (Phi) is 5.18. The quantitative estimate of drug-likeness (QED) is 0.620. The summed E-state index contributed by atoms with van der Waals surface area (Å²) < 4.78 is 0. The van der Waals surface area contributed by atoms with E-state index in [1.807, 2.05) is 49.4 Å². The molecule has 0 radical (unpaired) electrons. The number of benzene rings is 2. The van der Waals surface area contributed by atoms with Gasteiger partial charge in [0.1, 0.15) is 0 Å². The van der Waals surface area contributed by atoms with Crippen LogP contribution in [0.5, 0.6) is 0 Å². The smallest absolute Gasteiger partial charge is 0.187 e. The molecule has 0 bridgehead atoms. The molecule has 0 aromatic heterocycles. The van der Waals surface area contributed by atoms with E-state index < -0.39 is 0 Å². The van der Waals surface area contributed by atoms with E-state index in [2.05, 4.69) is 12.2 Å². The summed E-state index contributed by atoms with van der Waals surface area (Å²) in [6.07, 6.45) is 4.13. The number of aryl methyl sites for hydroxylation is 2. The first-order valence-electron chi connectivity index (χ1n) is 6.92. The van der Waals surface area contributed by atoms with Crippen molar-refractivity contribution < 1.29 is 4.79 Å². The van der Waals surface area contributed by atoms with Gasteiger partial charge in [0, 0.05) is 28.5 Å². The fraction of sp³-hybridized carbons (Fsp3) is 0.167. The number of carbonyl (C=O) groups excluding carboxylic acids is 1. The topological polar surface area (TPSA) is 29.1 Å². The van der Waals surface area contributed by atoms with Gasteiger partial charge in [-0.1, -0.05) is 48.9 Å². The van der Waals surface area contributed by atoms with E-state index in [0.29, 0.717) is 10.6 Å². The zero-order chi connectivity index (χ0) is 15.2. The van der Waals surface area contributed by atoms with Gasteiger partial charge in [-0.25, -0.2) is 0 Å². The van der Waals surface area contributed by atoms with E-state index in [-0.39, 0.29) is 5.78 Å². The van der Waals surface area contributed by atoms with E-state index in [9.17, 15) is 4.79 Å². The van der Waals surface area contributed by atoms with E-state index in [0.717, 1.165) is 17.7 Å². The van der Waals surface area contributed by atoms with E-state index in [4.69, 9.17) is 11.6 Å². The van der Waals surface area contributed by atoms with Crippen LogP contribution in [-0.2, 0) is 6.42 Å². The molecule has 0 aliphatic rings. The second-order valence-electron chi connectivity index (χ2n) is 4.86. The summed E-state index contributed by atoms with van der Waals surface area (Å²) in [7, 11) is 0. The molecule has 0 atom stereocenters. The van der Waals surface area contributed by atoms with Crippen LogP contribution in [0.4, 0.5) is 5.69 Å². The second kappa shape index (κ2) is 7.09. The van der Waals surface area contributed by atoms with Crippen LogP contribution in [-0.4, -0.2) is 5.78 Å². The molecule has 3 heteroatoms. The standard InChI is InChI=1S/C18H18ClNO/c1-3-14-5-7-15(8-6-14)18(21)10-11-20-16-9-4-13(2)17(19)12-16/h4-12,20H,3H2,1-2H3. The van der Waals surface area contributed by atoms with Crippen LogP contribution in [0.3, 0.4) is 0 Å². The molecule has 0 unspecified atom stereocenters. The van der Waals surface area contributed by atoms with Crippen molar-refractivity contribution in [3.8, 4) is 0 Å². The highest BCUT2D eigenvalue weighted by atomic mass is 35.5. The lowest BCUT2D eigenvalue weighted by atomic mass is 10.1. The van der Waals surface area contributed by atoms with E-state index in [1.165, 1.54) is 11.6 Å². The molecule has 0 amide bonds. The number of rotatable bonds is 5. The predicted molar refractivity (Wildman–Crippen MR) is 89.1 cm³/mol. The largest absolute Gasteiger partial charge is 0.362 e. The molecule has 0 heterocycles. The number of anilines is 1. The molecule has 0 saturated heterocycles. The van der Waals surface area contributed by atoms with Crippen molar-refractivity contribution in [3.63, 3.8) is 0 Å². The summed E-state index contributed by atoms with van der Waals surface area (Å²) in [5.41, 5.74) is 3.80. The molecular formula is C18H18ClNO. The normalized spacial score (nSPS) is 10.8. The number of carbonyl (C=O) groups is 1. The highest BCUT2D eigenvalue weighted by molar-refractivity contribution is 6.31. The fourth-order valence-electron chi connectivity index (χ4n) is 1.90.